The minimum absolute atomic E-state index is 0.00604. The lowest BCUT2D eigenvalue weighted by Gasteiger charge is -2.38. The Labute approximate surface area is 204 Å². The van der Waals surface area contributed by atoms with E-state index in [1.165, 1.54) is 11.9 Å². The molecule has 1 saturated carbocycles. The van der Waals surface area contributed by atoms with Crippen molar-refractivity contribution < 1.29 is 29.0 Å². The average molecular weight is 479 g/mol. The zero-order chi connectivity index (χ0) is 24.6. The highest BCUT2D eigenvalue weighted by atomic mass is 16.5. The number of carboxylic acid groups (broad SMARTS) is 1. The molecule has 1 heterocycles. The maximum atomic E-state index is 13.1. The van der Waals surface area contributed by atoms with E-state index < -0.39 is 23.1 Å². The fourth-order valence-corrected chi connectivity index (χ4v) is 5.42. The van der Waals surface area contributed by atoms with Gasteiger partial charge in [0.05, 0.1) is 12.0 Å². The molecule has 0 aromatic heterocycles. The summed E-state index contributed by atoms with van der Waals surface area (Å²) in [6.07, 6.45) is 1.23. The van der Waals surface area contributed by atoms with Crippen LogP contribution < -0.4 is 5.32 Å². The number of ether oxygens (including phenoxy) is 2. The zero-order valence-corrected chi connectivity index (χ0v) is 19.8. The highest BCUT2D eigenvalue weighted by Gasteiger charge is 2.56. The Morgan fingerprint density at radius 2 is 1.57 bits per heavy atom. The number of aliphatic carboxylic acids is 1. The molecular formula is C27H30N2O6. The van der Waals surface area contributed by atoms with E-state index in [1.54, 1.807) is 0 Å². The normalized spacial score (nSPS) is 19.2. The number of carboxylic acids is 1. The Hall–Kier alpha value is -3.39. The summed E-state index contributed by atoms with van der Waals surface area (Å²) in [7, 11) is 1.53. The van der Waals surface area contributed by atoms with E-state index in [0.29, 0.717) is 38.9 Å². The van der Waals surface area contributed by atoms with E-state index in [2.05, 4.69) is 29.6 Å². The molecule has 35 heavy (non-hydrogen) atoms. The van der Waals surface area contributed by atoms with Crippen molar-refractivity contribution in [3.8, 4) is 11.1 Å². The van der Waals surface area contributed by atoms with Gasteiger partial charge in [0, 0.05) is 26.2 Å². The lowest BCUT2D eigenvalue weighted by molar-refractivity contribution is -0.152. The van der Waals surface area contributed by atoms with Gasteiger partial charge in [-0.3, -0.25) is 4.79 Å². The van der Waals surface area contributed by atoms with Crippen LogP contribution in [-0.2, 0) is 19.1 Å². The maximum absolute atomic E-state index is 13.1. The van der Waals surface area contributed by atoms with E-state index in [9.17, 15) is 19.5 Å². The number of benzene rings is 2. The number of fused-ring (bicyclic) bond motifs is 3. The van der Waals surface area contributed by atoms with Crippen LogP contribution in [0, 0.1) is 0 Å². The molecule has 0 unspecified atom stereocenters. The van der Waals surface area contributed by atoms with E-state index in [1.807, 2.05) is 24.3 Å². The minimum Gasteiger partial charge on any atom is -0.479 e. The number of rotatable bonds is 7. The second-order valence-corrected chi connectivity index (χ2v) is 9.81. The second kappa shape index (κ2) is 9.00. The first kappa shape index (κ1) is 23.4. The average Bonchev–Trinajstić information content (AvgIpc) is 3.61. The molecule has 8 heteroatoms. The number of carbonyl (C=O) groups is 3. The summed E-state index contributed by atoms with van der Waals surface area (Å²) in [6, 6.07) is 16.3. The van der Waals surface area contributed by atoms with Crippen LogP contribution in [0.3, 0.4) is 0 Å². The number of hydrogen-bond donors (Lipinski definition) is 2. The number of carbonyl (C=O) groups excluding carboxylic acids is 2. The van der Waals surface area contributed by atoms with Crippen LogP contribution in [0.4, 0.5) is 4.79 Å². The van der Waals surface area contributed by atoms with Gasteiger partial charge in [0.1, 0.15) is 12.1 Å². The van der Waals surface area contributed by atoms with E-state index in [0.717, 1.165) is 22.3 Å². The molecule has 3 aliphatic rings. The largest absolute Gasteiger partial charge is 0.479 e. The molecule has 2 aromatic carbocycles. The van der Waals surface area contributed by atoms with Crippen LogP contribution in [0.2, 0.25) is 0 Å². The van der Waals surface area contributed by atoms with Crippen LogP contribution in [0.15, 0.2) is 48.5 Å². The van der Waals surface area contributed by atoms with Gasteiger partial charge in [0.25, 0.3) is 0 Å². The van der Waals surface area contributed by atoms with E-state index in [4.69, 9.17) is 9.47 Å². The molecule has 2 aliphatic carbocycles. The quantitative estimate of drug-likeness (QED) is 0.631. The highest BCUT2D eigenvalue weighted by molar-refractivity contribution is 5.90. The van der Waals surface area contributed by atoms with Crippen LogP contribution in [0.1, 0.15) is 49.1 Å². The van der Waals surface area contributed by atoms with Gasteiger partial charge in [0.2, 0.25) is 5.91 Å². The summed E-state index contributed by atoms with van der Waals surface area (Å²) in [5, 5.41) is 12.5. The summed E-state index contributed by atoms with van der Waals surface area (Å²) in [5.74, 6) is -1.35. The molecule has 5 rings (SSSR count). The smallest absolute Gasteiger partial charge is 0.407 e. The number of nitrogens with zero attached hydrogens (tertiary/aromatic N) is 1. The summed E-state index contributed by atoms with van der Waals surface area (Å²) >= 11 is 0. The van der Waals surface area contributed by atoms with E-state index in [-0.39, 0.29) is 24.9 Å². The molecule has 0 bridgehead atoms. The van der Waals surface area contributed by atoms with Crippen molar-refractivity contribution in [2.24, 2.45) is 0 Å². The SMILES string of the molecule is CN(C(=O)CC1(NC(=O)OCC2c3ccccc3-c3ccccc32)CCOCC1)C1(C(=O)O)CC1. The summed E-state index contributed by atoms with van der Waals surface area (Å²) in [6.45, 7) is 0.998. The predicted molar refractivity (Wildman–Crippen MR) is 128 cm³/mol. The van der Waals surface area contributed by atoms with Crippen molar-refractivity contribution in [1.82, 2.24) is 10.2 Å². The monoisotopic (exact) mass is 478 g/mol. The fraction of sp³-hybridized carbons (Fsp3) is 0.444. The van der Waals surface area contributed by atoms with Crippen LogP contribution in [0.5, 0.6) is 0 Å². The van der Waals surface area contributed by atoms with E-state index >= 15 is 0 Å². The first-order valence-corrected chi connectivity index (χ1v) is 12.1. The standard InChI is InChI=1S/C27H30N2O6/c1-29(27(10-11-27)24(31)32)23(30)16-26(12-14-34-15-13-26)28-25(33)35-17-22-20-8-4-2-6-18(20)19-7-3-5-9-21(19)22/h2-9,22H,10-17H2,1H3,(H,28,33)(H,31,32). The van der Waals surface area contributed by atoms with Gasteiger partial charge in [-0.15, -0.1) is 0 Å². The number of amides is 2. The highest BCUT2D eigenvalue weighted by Crippen LogP contribution is 2.45. The van der Waals surface area contributed by atoms with Crippen LogP contribution >= 0.6 is 0 Å². The van der Waals surface area contributed by atoms with Gasteiger partial charge < -0.3 is 24.8 Å². The Bertz CT molecular complexity index is 1110. The van der Waals surface area contributed by atoms with Gasteiger partial charge in [-0.05, 0) is 47.9 Å². The Kier molecular flexibility index (Phi) is 6.01. The van der Waals surface area contributed by atoms with Crippen LogP contribution in [0.25, 0.3) is 11.1 Å². The van der Waals surface area contributed by atoms with Crippen molar-refractivity contribution in [2.45, 2.75) is 49.1 Å². The topological polar surface area (TPSA) is 105 Å². The first-order valence-electron chi connectivity index (χ1n) is 12.1. The maximum Gasteiger partial charge on any atom is 0.407 e. The minimum atomic E-state index is -1.12. The third-order valence-corrected chi connectivity index (χ3v) is 7.79. The van der Waals surface area contributed by atoms with Crippen LogP contribution in [-0.4, -0.2) is 65.9 Å². The van der Waals surface area contributed by atoms with Gasteiger partial charge in [-0.2, -0.15) is 0 Å². The van der Waals surface area contributed by atoms with Gasteiger partial charge in [0.15, 0.2) is 0 Å². The third kappa shape index (κ3) is 4.27. The van der Waals surface area contributed by atoms with Crippen molar-refractivity contribution in [3.63, 3.8) is 0 Å². The summed E-state index contributed by atoms with van der Waals surface area (Å²) in [5.41, 5.74) is 2.61. The van der Waals surface area contributed by atoms with Gasteiger partial charge in [-0.25, -0.2) is 9.59 Å². The Morgan fingerprint density at radius 1 is 1.00 bits per heavy atom. The van der Waals surface area contributed by atoms with Crippen molar-refractivity contribution in [1.29, 1.82) is 0 Å². The number of nitrogens with one attached hydrogen (secondary N) is 1. The molecule has 0 atom stereocenters. The zero-order valence-electron chi connectivity index (χ0n) is 19.8. The molecule has 1 saturated heterocycles. The lowest BCUT2D eigenvalue weighted by Crippen LogP contribution is -2.56. The molecule has 2 amide bonds. The van der Waals surface area contributed by atoms with Crippen molar-refractivity contribution in [3.05, 3.63) is 59.7 Å². The molecule has 0 spiro atoms. The lowest BCUT2D eigenvalue weighted by atomic mass is 9.86. The molecule has 0 radical (unpaired) electrons. The second-order valence-electron chi connectivity index (χ2n) is 9.81. The molecular weight excluding hydrogens is 448 g/mol. The summed E-state index contributed by atoms with van der Waals surface area (Å²) < 4.78 is 11.2. The molecule has 1 aliphatic heterocycles. The third-order valence-electron chi connectivity index (χ3n) is 7.79. The predicted octanol–water partition coefficient (Wildman–Crippen LogP) is 3.54. The van der Waals surface area contributed by atoms with Crippen molar-refractivity contribution >= 4 is 18.0 Å². The first-order chi connectivity index (χ1) is 16.9. The number of hydrogen-bond acceptors (Lipinski definition) is 5. The number of likely N-dealkylation sites (N-methyl/N-ethyl adjacent to an activating group) is 1. The molecule has 2 N–H and O–H groups in total. The molecule has 2 aromatic rings. The Balaban J connectivity index is 1.27. The molecule has 8 nitrogen and oxygen atoms in total. The van der Waals surface area contributed by atoms with Gasteiger partial charge >= 0.3 is 12.1 Å². The van der Waals surface area contributed by atoms with Crippen molar-refractivity contribution in [2.75, 3.05) is 26.9 Å². The van der Waals surface area contributed by atoms with Gasteiger partial charge in [-0.1, -0.05) is 48.5 Å². The summed E-state index contributed by atoms with van der Waals surface area (Å²) in [4.78, 5) is 39.0. The Morgan fingerprint density at radius 3 is 2.11 bits per heavy atom. The number of alkyl carbamates (subject to hydrolysis) is 1. The molecule has 2 fully saturated rings. The molecule has 184 valence electrons. The fourth-order valence-electron chi connectivity index (χ4n) is 5.42.